The molecule has 1 unspecified atom stereocenters. The molecule has 2 nitrogen and oxygen atoms in total. The highest BCUT2D eigenvalue weighted by atomic mass is 35.5. The maximum Gasteiger partial charge on any atom is 0.122 e. The van der Waals surface area contributed by atoms with E-state index >= 15 is 0 Å². The normalized spacial score (nSPS) is 12.2. The lowest BCUT2D eigenvalue weighted by molar-refractivity contribution is 0.411. The molecule has 0 saturated carbocycles. The molecule has 0 aliphatic rings. The zero-order valence-corrected chi connectivity index (χ0v) is 12.2. The fourth-order valence-corrected chi connectivity index (χ4v) is 2.25. The topological polar surface area (TPSA) is 22.1 Å². The molecule has 2 rings (SSSR count). The summed E-state index contributed by atoms with van der Waals surface area (Å²) in [6, 6.07) is 10.2. The van der Waals surface area contributed by atoms with E-state index in [-0.39, 0.29) is 5.38 Å². The van der Waals surface area contributed by atoms with E-state index in [1.807, 2.05) is 44.3 Å². The number of alkyl halides is 1. The van der Waals surface area contributed by atoms with Gasteiger partial charge in [0.15, 0.2) is 0 Å². The first kappa shape index (κ1) is 13.9. The van der Waals surface area contributed by atoms with Crippen LogP contribution in [0.3, 0.4) is 0 Å². The van der Waals surface area contributed by atoms with Crippen molar-refractivity contribution in [1.82, 2.24) is 4.98 Å². The Labute approximate surface area is 119 Å². The molecule has 0 N–H and O–H groups in total. The summed E-state index contributed by atoms with van der Waals surface area (Å²) in [5.74, 6) is 0.875. The van der Waals surface area contributed by atoms with E-state index in [9.17, 15) is 0 Å². The molecule has 0 radical (unpaired) electrons. The maximum atomic E-state index is 6.47. The van der Waals surface area contributed by atoms with Crippen LogP contribution in [0.25, 0.3) is 0 Å². The molecular weight excluding hydrogens is 258 g/mol. The summed E-state index contributed by atoms with van der Waals surface area (Å²) in [6.07, 6.45) is 2.59. The summed E-state index contributed by atoms with van der Waals surface area (Å²) in [7, 11) is 1.68. The minimum Gasteiger partial charge on any atom is -0.496 e. The van der Waals surface area contributed by atoms with Crippen molar-refractivity contribution in [2.45, 2.75) is 25.6 Å². The molecule has 1 atom stereocenters. The molecule has 1 aromatic carbocycles. The monoisotopic (exact) mass is 275 g/mol. The first-order valence-electron chi connectivity index (χ1n) is 6.30. The van der Waals surface area contributed by atoms with Gasteiger partial charge in [-0.3, -0.25) is 4.98 Å². The largest absolute Gasteiger partial charge is 0.496 e. The quantitative estimate of drug-likeness (QED) is 0.779. The second-order valence-electron chi connectivity index (χ2n) is 4.73. The average Bonchev–Trinajstić information content (AvgIpc) is 2.42. The Morgan fingerprint density at radius 2 is 2.00 bits per heavy atom. The number of ether oxygens (including phenoxy) is 1. The van der Waals surface area contributed by atoms with Crippen LogP contribution in [-0.4, -0.2) is 12.1 Å². The van der Waals surface area contributed by atoms with Gasteiger partial charge in [-0.15, -0.1) is 11.6 Å². The number of pyridine rings is 1. The van der Waals surface area contributed by atoms with Gasteiger partial charge >= 0.3 is 0 Å². The number of aromatic nitrogens is 1. The van der Waals surface area contributed by atoms with E-state index in [1.54, 1.807) is 7.11 Å². The zero-order chi connectivity index (χ0) is 13.8. The molecule has 19 heavy (non-hydrogen) atoms. The Morgan fingerprint density at radius 1 is 1.21 bits per heavy atom. The Balaban J connectivity index is 2.15. The SMILES string of the molecule is COc1cc(C(Cl)Cc2ccc(C)cn2)ccc1C. The first-order valence-corrected chi connectivity index (χ1v) is 6.74. The van der Waals surface area contributed by atoms with Crippen LogP contribution < -0.4 is 4.74 Å². The van der Waals surface area contributed by atoms with Crippen LogP contribution in [0.4, 0.5) is 0 Å². The van der Waals surface area contributed by atoms with Crippen molar-refractivity contribution in [1.29, 1.82) is 0 Å². The smallest absolute Gasteiger partial charge is 0.122 e. The minimum atomic E-state index is -0.0929. The molecule has 2 aromatic rings. The van der Waals surface area contributed by atoms with E-state index < -0.39 is 0 Å². The predicted molar refractivity (Wildman–Crippen MR) is 79.0 cm³/mol. The lowest BCUT2D eigenvalue weighted by atomic mass is 10.0. The highest BCUT2D eigenvalue weighted by Crippen LogP contribution is 2.29. The van der Waals surface area contributed by atoms with Crippen LogP contribution in [0.2, 0.25) is 0 Å². The van der Waals surface area contributed by atoms with Gasteiger partial charge in [0.1, 0.15) is 5.75 Å². The molecule has 100 valence electrons. The number of hydrogen-bond acceptors (Lipinski definition) is 2. The Kier molecular flexibility index (Phi) is 4.43. The third-order valence-corrected chi connectivity index (χ3v) is 3.56. The third-order valence-electron chi connectivity index (χ3n) is 3.15. The average molecular weight is 276 g/mol. The van der Waals surface area contributed by atoms with Gasteiger partial charge in [-0.05, 0) is 42.7 Å². The number of methoxy groups -OCH3 is 1. The van der Waals surface area contributed by atoms with Crippen LogP contribution in [0, 0.1) is 13.8 Å². The van der Waals surface area contributed by atoms with Crippen LogP contribution in [0.15, 0.2) is 36.5 Å². The van der Waals surface area contributed by atoms with Gasteiger partial charge in [-0.1, -0.05) is 18.2 Å². The summed E-state index contributed by atoms with van der Waals surface area (Å²) in [5, 5.41) is -0.0929. The van der Waals surface area contributed by atoms with Crippen molar-refractivity contribution >= 4 is 11.6 Å². The van der Waals surface area contributed by atoms with E-state index in [0.29, 0.717) is 6.42 Å². The van der Waals surface area contributed by atoms with Gasteiger partial charge in [-0.25, -0.2) is 0 Å². The molecule has 1 aromatic heterocycles. The second kappa shape index (κ2) is 6.07. The number of aryl methyl sites for hydroxylation is 2. The lowest BCUT2D eigenvalue weighted by Gasteiger charge is -2.12. The molecular formula is C16H18ClNO. The van der Waals surface area contributed by atoms with Crippen LogP contribution in [0.1, 0.15) is 27.8 Å². The molecule has 0 spiro atoms. The first-order chi connectivity index (χ1) is 9.10. The molecule has 1 heterocycles. The molecule has 0 amide bonds. The van der Waals surface area contributed by atoms with Crippen LogP contribution >= 0.6 is 11.6 Å². The maximum absolute atomic E-state index is 6.47. The van der Waals surface area contributed by atoms with Crippen molar-refractivity contribution in [2.75, 3.05) is 7.11 Å². The van der Waals surface area contributed by atoms with E-state index in [1.165, 1.54) is 0 Å². The van der Waals surface area contributed by atoms with Gasteiger partial charge < -0.3 is 4.74 Å². The predicted octanol–water partition coefficient (Wildman–Crippen LogP) is 4.23. The molecule has 3 heteroatoms. The fraction of sp³-hybridized carbons (Fsp3) is 0.312. The Bertz CT molecular complexity index is 551. The van der Waals surface area contributed by atoms with E-state index in [4.69, 9.17) is 16.3 Å². The molecule has 0 saturated heterocycles. The Morgan fingerprint density at radius 3 is 2.63 bits per heavy atom. The summed E-state index contributed by atoms with van der Waals surface area (Å²) in [6.45, 7) is 4.05. The minimum absolute atomic E-state index is 0.0929. The number of benzene rings is 1. The molecule has 0 bridgehead atoms. The van der Waals surface area contributed by atoms with Crippen molar-refractivity contribution in [3.05, 3.63) is 58.9 Å². The standard InChI is InChI=1S/C16H18ClNO/c1-11-4-7-14(18-10-11)9-15(17)13-6-5-12(2)16(8-13)19-3/h4-8,10,15H,9H2,1-3H3. The highest BCUT2D eigenvalue weighted by Gasteiger charge is 2.11. The summed E-state index contributed by atoms with van der Waals surface area (Å²) < 4.78 is 5.33. The summed E-state index contributed by atoms with van der Waals surface area (Å²) in [5.41, 5.74) is 4.34. The second-order valence-corrected chi connectivity index (χ2v) is 5.25. The number of rotatable bonds is 4. The number of nitrogens with zero attached hydrogens (tertiary/aromatic N) is 1. The molecule has 0 fully saturated rings. The van der Waals surface area contributed by atoms with Crippen molar-refractivity contribution < 1.29 is 4.74 Å². The summed E-state index contributed by atoms with van der Waals surface area (Å²) >= 11 is 6.47. The fourth-order valence-electron chi connectivity index (χ4n) is 1.95. The van der Waals surface area contributed by atoms with Crippen molar-refractivity contribution in [2.24, 2.45) is 0 Å². The van der Waals surface area contributed by atoms with Crippen LogP contribution in [-0.2, 0) is 6.42 Å². The van der Waals surface area contributed by atoms with Gasteiger partial charge in [-0.2, -0.15) is 0 Å². The van der Waals surface area contributed by atoms with Gasteiger partial charge in [0.2, 0.25) is 0 Å². The van der Waals surface area contributed by atoms with Gasteiger partial charge in [0, 0.05) is 18.3 Å². The number of hydrogen-bond donors (Lipinski definition) is 0. The number of halogens is 1. The molecule has 0 aliphatic heterocycles. The molecule has 0 aliphatic carbocycles. The van der Waals surface area contributed by atoms with Crippen molar-refractivity contribution in [3.8, 4) is 5.75 Å². The Hall–Kier alpha value is -1.54. The van der Waals surface area contributed by atoms with Crippen LogP contribution in [0.5, 0.6) is 5.75 Å². The van der Waals surface area contributed by atoms with Gasteiger partial charge in [0.25, 0.3) is 0 Å². The third kappa shape index (κ3) is 3.48. The van der Waals surface area contributed by atoms with Crippen molar-refractivity contribution in [3.63, 3.8) is 0 Å². The van der Waals surface area contributed by atoms with E-state index in [2.05, 4.69) is 11.1 Å². The zero-order valence-electron chi connectivity index (χ0n) is 11.5. The lowest BCUT2D eigenvalue weighted by Crippen LogP contribution is -1.99. The van der Waals surface area contributed by atoms with E-state index in [0.717, 1.165) is 28.1 Å². The van der Waals surface area contributed by atoms with Gasteiger partial charge in [0.05, 0.1) is 12.5 Å². The highest BCUT2D eigenvalue weighted by molar-refractivity contribution is 6.20. The summed E-state index contributed by atoms with van der Waals surface area (Å²) in [4.78, 5) is 4.39.